The predicted molar refractivity (Wildman–Crippen MR) is 117 cm³/mol. The van der Waals surface area contributed by atoms with Gasteiger partial charge in [-0.3, -0.25) is 0 Å². The lowest BCUT2D eigenvalue weighted by atomic mass is 9.84. The van der Waals surface area contributed by atoms with Gasteiger partial charge >= 0.3 is 23.1 Å². The number of rotatable bonds is 9. The Morgan fingerprint density at radius 3 is 1.25 bits per heavy atom. The van der Waals surface area contributed by atoms with Crippen LogP contribution in [0.2, 0.25) is 0 Å². The second kappa shape index (κ2) is 8.66. The molecule has 2 aliphatic rings. The fourth-order valence-corrected chi connectivity index (χ4v) is 4.20. The lowest BCUT2D eigenvalue weighted by molar-refractivity contribution is -0.786. The van der Waals surface area contributed by atoms with Crippen molar-refractivity contribution in [1.29, 1.82) is 0 Å². The van der Waals surface area contributed by atoms with Crippen molar-refractivity contribution in [3.05, 3.63) is 120 Å². The van der Waals surface area contributed by atoms with Crippen LogP contribution in [0.4, 0.5) is 0 Å². The Bertz CT molecular complexity index is 1180. The Hall–Kier alpha value is -3.32. The van der Waals surface area contributed by atoms with Gasteiger partial charge in [0.1, 0.15) is 0 Å². The van der Waals surface area contributed by atoms with Crippen molar-refractivity contribution >= 4 is 0 Å². The molecule has 0 aliphatic carbocycles. The first-order valence-electron chi connectivity index (χ1n) is 11.2. The van der Waals surface area contributed by atoms with E-state index in [0.717, 1.165) is 11.1 Å². The molecule has 186 valence electrons. The quantitative estimate of drug-likeness (QED) is 0.334. The summed E-state index contributed by atoms with van der Waals surface area (Å²) in [6, 6.07) is 24.5. The van der Waals surface area contributed by atoms with E-state index in [-0.39, 0.29) is 24.7 Å². The molecule has 4 unspecified atom stereocenters. The molecule has 4 atom stereocenters. The van der Waals surface area contributed by atoms with Crippen molar-refractivity contribution in [2.75, 3.05) is 0 Å². The molecule has 0 saturated carbocycles. The van der Waals surface area contributed by atoms with Gasteiger partial charge in [0.2, 0.25) is 0 Å². The molecule has 2 saturated heterocycles. The predicted octanol–water partition coefficient (Wildman–Crippen LogP) is 3.61. The van der Waals surface area contributed by atoms with Crippen LogP contribution in [0.1, 0.15) is 22.6 Å². The third-order valence-electron chi connectivity index (χ3n) is 6.17. The van der Waals surface area contributed by atoms with Gasteiger partial charge in [-0.1, -0.05) is 60.7 Å². The zero-order chi connectivity index (χ0) is 24.7. The molecular weight excluding hydrogens is 472 g/mol. The van der Waals surface area contributed by atoms with Gasteiger partial charge in [-0.2, -0.15) is 19.6 Å². The molecule has 6 rings (SSSR count). The minimum atomic E-state index is -2.74. The molecular formula is C26H22O10. The van der Waals surface area contributed by atoms with E-state index in [1.807, 2.05) is 60.7 Å². The number of benzene rings is 2. The largest absolute Gasteiger partial charge is 0.463 e. The second-order valence-electron chi connectivity index (χ2n) is 8.36. The van der Waals surface area contributed by atoms with Gasteiger partial charge < -0.3 is 28.5 Å². The molecule has 0 bridgehead atoms. The molecule has 4 heterocycles. The summed E-state index contributed by atoms with van der Waals surface area (Å²) < 4.78 is 23.1. The third kappa shape index (κ3) is 3.22. The zero-order valence-electron chi connectivity index (χ0n) is 18.8. The smallest absolute Gasteiger partial charge is 0.328 e. The van der Waals surface area contributed by atoms with Crippen LogP contribution in [-0.2, 0) is 53.8 Å². The first-order chi connectivity index (χ1) is 17.5. The first-order valence-corrected chi connectivity index (χ1v) is 11.2. The van der Waals surface area contributed by atoms with E-state index in [1.54, 1.807) is 12.1 Å². The minimum absolute atomic E-state index is 0.00695. The molecule has 0 spiro atoms. The summed E-state index contributed by atoms with van der Waals surface area (Å²) in [6.07, 6.45) is 2.72. The Labute approximate surface area is 204 Å². The van der Waals surface area contributed by atoms with Crippen LogP contribution in [0, 0.1) is 0 Å². The third-order valence-corrected chi connectivity index (χ3v) is 6.17. The average molecular weight is 494 g/mol. The number of hydrogen-bond acceptors (Lipinski definition) is 10. The molecule has 2 N–H and O–H groups in total. The highest BCUT2D eigenvalue weighted by molar-refractivity contribution is 5.25. The van der Waals surface area contributed by atoms with E-state index in [0.29, 0.717) is 0 Å². The fourth-order valence-electron chi connectivity index (χ4n) is 4.20. The van der Waals surface area contributed by atoms with Crippen molar-refractivity contribution in [2.45, 2.75) is 36.4 Å². The Balaban J connectivity index is 1.39. The van der Waals surface area contributed by atoms with Crippen molar-refractivity contribution in [2.24, 2.45) is 0 Å². The number of hydrogen-bond donors (Lipinski definition) is 2. The minimum Gasteiger partial charge on any atom is -0.463 e. The number of aliphatic hydroxyl groups is 2. The second-order valence-corrected chi connectivity index (χ2v) is 8.36. The fraction of sp³-hybridized carbons (Fsp3) is 0.231. The highest BCUT2D eigenvalue weighted by Gasteiger charge is 2.90. The van der Waals surface area contributed by atoms with E-state index in [4.69, 9.17) is 37.9 Å². The van der Waals surface area contributed by atoms with E-state index in [1.165, 1.54) is 24.7 Å². The topological polar surface area (TPSA) is 122 Å². The Morgan fingerprint density at radius 2 is 0.944 bits per heavy atom. The van der Waals surface area contributed by atoms with Gasteiger partial charge in [0.25, 0.3) is 0 Å². The first kappa shape index (κ1) is 23.1. The van der Waals surface area contributed by atoms with Gasteiger partial charge in [0, 0.05) is 0 Å². The summed E-state index contributed by atoms with van der Waals surface area (Å²) in [6.45, 7) is -0.0778. The van der Waals surface area contributed by atoms with Gasteiger partial charge in [-0.15, -0.1) is 0 Å². The van der Waals surface area contributed by atoms with Gasteiger partial charge in [-0.25, -0.2) is 0 Å². The van der Waals surface area contributed by atoms with Crippen LogP contribution in [0.15, 0.2) is 106 Å². The number of ether oxygens (including phenoxy) is 2. The summed E-state index contributed by atoms with van der Waals surface area (Å²) >= 11 is 0. The van der Waals surface area contributed by atoms with Crippen molar-refractivity contribution in [3.63, 3.8) is 0 Å². The maximum absolute atomic E-state index is 11.9. The number of furan rings is 2. The molecule has 4 aromatic rings. The van der Waals surface area contributed by atoms with Crippen molar-refractivity contribution in [1.82, 2.24) is 0 Å². The molecule has 2 aromatic heterocycles. The lowest BCUT2D eigenvalue weighted by Crippen LogP contribution is -2.86. The normalized spacial score (nSPS) is 31.5. The van der Waals surface area contributed by atoms with Crippen LogP contribution in [0.25, 0.3) is 0 Å². The van der Waals surface area contributed by atoms with Gasteiger partial charge in [0.05, 0.1) is 25.7 Å². The summed E-state index contributed by atoms with van der Waals surface area (Å²) in [5, 5.41) is 23.7. The monoisotopic (exact) mass is 494 g/mol. The summed E-state index contributed by atoms with van der Waals surface area (Å²) in [5.74, 6) is -9.81. The highest BCUT2D eigenvalue weighted by atomic mass is 17.4. The molecule has 0 radical (unpaired) electrons. The van der Waals surface area contributed by atoms with Gasteiger partial charge in [-0.05, 0) is 35.4 Å². The molecule has 2 fully saturated rings. The van der Waals surface area contributed by atoms with Crippen LogP contribution in [0.3, 0.4) is 0 Å². The van der Waals surface area contributed by atoms with Crippen molar-refractivity contribution < 1.29 is 48.1 Å². The standard InChI is InChI=1S/C26H22O10/c27-25(23(33-35-25,21-13-7-15-29-21)31-17-19-9-3-1-4-10-19)26(28)24(34-36-26,22-14-8-16-30-22)32-18-20-11-5-2-6-12-20/h1-16,27-28H,17-18H2. The van der Waals surface area contributed by atoms with Crippen LogP contribution in [-0.4, -0.2) is 21.8 Å². The summed E-state index contributed by atoms with van der Waals surface area (Å²) in [5.41, 5.74) is 1.52. The average Bonchev–Trinajstić information content (AvgIpc) is 3.64. The van der Waals surface area contributed by atoms with E-state index < -0.39 is 23.1 Å². The maximum atomic E-state index is 11.9. The molecule has 36 heavy (non-hydrogen) atoms. The SMILES string of the molecule is OC1(C2(O)OOC2(OCc2ccccc2)c2ccco2)OOC1(OCc1ccccc1)c1ccco1. The summed E-state index contributed by atoms with van der Waals surface area (Å²) in [4.78, 5) is 21.0. The van der Waals surface area contributed by atoms with Crippen LogP contribution < -0.4 is 0 Å². The zero-order valence-corrected chi connectivity index (χ0v) is 18.8. The van der Waals surface area contributed by atoms with E-state index in [9.17, 15) is 10.2 Å². The van der Waals surface area contributed by atoms with E-state index >= 15 is 0 Å². The van der Waals surface area contributed by atoms with Crippen molar-refractivity contribution in [3.8, 4) is 0 Å². The van der Waals surface area contributed by atoms with E-state index in [2.05, 4.69) is 0 Å². The maximum Gasteiger partial charge on any atom is 0.328 e. The van der Waals surface area contributed by atoms with Crippen LogP contribution >= 0.6 is 0 Å². The molecule has 2 aromatic carbocycles. The molecule has 2 aliphatic heterocycles. The highest BCUT2D eigenvalue weighted by Crippen LogP contribution is 2.63. The Kier molecular flexibility index (Phi) is 5.56. The molecule has 10 heteroatoms. The Morgan fingerprint density at radius 1 is 0.528 bits per heavy atom. The molecule has 0 amide bonds. The van der Waals surface area contributed by atoms with Gasteiger partial charge in [0.15, 0.2) is 11.5 Å². The molecule has 10 nitrogen and oxygen atoms in total. The van der Waals surface area contributed by atoms with Crippen LogP contribution in [0.5, 0.6) is 0 Å². The lowest BCUT2D eigenvalue weighted by Gasteiger charge is -2.61. The summed E-state index contributed by atoms with van der Waals surface area (Å²) in [7, 11) is 0.